The number of esters is 1. The molecule has 0 amide bonds. The minimum absolute atomic E-state index is 0.112. The quantitative estimate of drug-likeness (QED) is 0.151. The van der Waals surface area contributed by atoms with Gasteiger partial charge in [-0.3, -0.25) is 9.69 Å². The van der Waals surface area contributed by atoms with Crippen LogP contribution in [0.5, 0.6) is 0 Å². The number of carbonyl (C=O) groups is 2. The number of piperidine rings is 1. The molecule has 2 unspecified atom stereocenters. The van der Waals surface area contributed by atoms with E-state index in [0.29, 0.717) is 19.6 Å². The average molecular weight is 401 g/mol. The van der Waals surface area contributed by atoms with Gasteiger partial charge in [0.25, 0.3) is 0 Å². The number of halogens is 1. The molecule has 8 heteroatoms. The molecule has 2 atom stereocenters. The molecule has 0 spiro atoms. The molecule has 1 rings (SSSR count). The lowest BCUT2D eigenvalue weighted by molar-refractivity contribution is -0.145. The van der Waals surface area contributed by atoms with Gasteiger partial charge in [-0.25, -0.2) is 9.18 Å². The van der Waals surface area contributed by atoms with Gasteiger partial charge in [0.05, 0.1) is 7.11 Å². The molecule has 0 aromatic rings. The van der Waals surface area contributed by atoms with E-state index >= 15 is 0 Å². The van der Waals surface area contributed by atoms with Gasteiger partial charge < -0.3 is 10.5 Å². The fourth-order valence-electron chi connectivity index (χ4n) is 2.68. The van der Waals surface area contributed by atoms with E-state index in [2.05, 4.69) is 13.2 Å². The lowest BCUT2D eigenvalue weighted by Gasteiger charge is -2.37. The summed E-state index contributed by atoms with van der Waals surface area (Å²) in [6.45, 7) is 8.53. The molecule has 0 radical (unpaired) electrons. The number of likely N-dealkylation sites (tertiary alicyclic amines) is 1. The Morgan fingerprint density at radius 1 is 1.50 bits per heavy atom. The zero-order valence-electron chi connectivity index (χ0n) is 14.9. The van der Waals surface area contributed by atoms with E-state index in [9.17, 15) is 14.0 Å². The van der Waals surface area contributed by atoms with Gasteiger partial charge in [0.15, 0.2) is 0 Å². The molecular formula is C18H25FN2O3S2. The van der Waals surface area contributed by atoms with Gasteiger partial charge in [0.1, 0.15) is 18.2 Å². The second-order valence-electron chi connectivity index (χ2n) is 5.47. The Morgan fingerprint density at radius 3 is 2.77 bits per heavy atom. The highest BCUT2D eigenvalue weighted by atomic mass is 33.1. The van der Waals surface area contributed by atoms with Crippen molar-refractivity contribution >= 4 is 33.8 Å². The molecule has 5 nitrogen and oxygen atoms in total. The van der Waals surface area contributed by atoms with Gasteiger partial charge >= 0.3 is 5.97 Å². The maximum Gasteiger partial charge on any atom is 0.327 e. The summed E-state index contributed by atoms with van der Waals surface area (Å²) < 4.78 is 19.1. The smallest absolute Gasteiger partial charge is 0.327 e. The van der Waals surface area contributed by atoms with Crippen LogP contribution in [0.4, 0.5) is 4.39 Å². The molecule has 1 saturated heterocycles. The van der Waals surface area contributed by atoms with Crippen LogP contribution in [0.25, 0.3) is 0 Å². The summed E-state index contributed by atoms with van der Waals surface area (Å²) in [4.78, 5) is 25.2. The number of ether oxygens (including phenoxy) is 1. The Hall–Kier alpha value is -1.35. The summed E-state index contributed by atoms with van der Waals surface area (Å²) in [5, 5.41) is 0.145. The first-order valence-corrected chi connectivity index (χ1v) is 10.5. The van der Waals surface area contributed by atoms with Crippen LogP contribution in [0.2, 0.25) is 0 Å². The minimum atomic E-state index is -0.937. The van der Waals surface area contributed by atoms with Crippen molar-refractivity contribution in [2.45, 2.75) is 17.7 Å². The van der Waals surface area contributed by atoms with Crippen molar-refractivity contribution in [2.24, 2.45) is 5.73 Å². The summed E-state index contributed by atoms with van der Waals surface area (Å²) >= 11 is 0. The lowest BCUT2D eigenvalue weighted by Crippen LogP contribution is -2.48. The first kappa shape index (κ1) is 22.7. The summed E-state index contributed by atoms with van der Waals surface area (Å²) in [6.07, 6.45) is 5.32. The minimum Gasteiger partial charge on any atom is -0.468 e. The second kappa shape index (κ2) is 12.1. The molecule has 26 heavy (non-hydrogen) atoms. The summed E-state index contributed by atoms with van der Waals surface area (Å²) in [5.74, 6) is -0.380. The van der Waals surface area contributed by atoms with E-state index in [-0.39, 0.29) is 10.8 Å². The van der Waals surface area contributed by atoms with E-state index in [1.165, 1.54) is 19.3 Å². The topological polar surface area (TPSA) is 72.6 Å². The largest absolute Gasteiger partial charge is 0.468 e. The van der Waals surface area contributed by atoms with Gasteiger partial charge in [-0.15, -0.1) is 0 Å². The van der Waals surface area contributed by atoms with E-state index in [1.54, 1.807) is 26.5 Å². The number of aldehydes is 1. The zero-order valence-corrected chi connectivity index (χ0v) is 16.5. The van der Waals surface area contributed by atoms with Crippen LogP contribution >= 0.6 is 21.6 Å². The Kier molecular flexibility index (Phi) is 10.6. The molecule has 0 aromatic carbocycles. The van der Waals surface area contributed by atoms with E-state index in [4.69, 9.17) is 10.5 Å². The van der Waals surface area contributed by atoms with Crippen molar-refractivity contribution < 1.29 is 18.7 Å². The third-order valence-electron chi connectivity index (χ3n) is 3.90. The van der Waals surface area contributed by atoms with E-state index < -0.39 is 17.8 Å². The van der Waals surface area contributed by atoms with Crippen molar-refractivity contribution in [2.75, 3.05) is 32.5 Å². The highest BCUT2D eigenvalue weighted by Gasteiger charge is 2.35. The van der Waals surface area contributed by atoms with Gasteiger partial charge in [-0.2, -0.15) is 0 Å². The fourth-order valence-corrected chi connectivity index (χ4v) is 5.25. The van der Waals surface area contributed by atoms with Crippen molar-refractivity contribution in [3.8, 4) is 0 Å². The third kappa shape index (κ3) is 6.12. The highest BCUT2D eigenvalue weighted by molar-refractivity contribution is 8.77. The van der Waals surface area contributed by atoms with Crippen LogP contribution in [0.15, 0.2) is 48.4 Å². The first-order valence-electron chi connectivity index (χ1n) is 8.12. The van der Waals surface area contributed by atoms with Crippen molar-refractivity contribution in [1.82, 2.24) is 4.90 Å². The predicted molar refractivity (Wildman–Crippen MR) is 108 cm³/mol. The molecule has 0 aromatic heterocycles. The van der Waals surface area contributed by atoms with E-state index in [0.717, 1.165) is 30.1 Å². The summed E-state index contributed by atoms with van der Waals surface area (Å²) in [5.41, 5.74) is 6.51. The number of methoxy groups -OCH3 is 1. The van der Waals surface area contributed by atoms with Gasteiger partial charge in [-0.05, 0) is 24.1 Å². The normalized spacial score (nSPS) is 21.7. The van der Waals surface area contributed by atoms with Crippen LogP contribution in [0, 0.1) is 0 Å². The third-order valence-corrected chi connectivity index (χ3v) is 6.82. The Balaban J connectivity index is 3.09. The predicted octanol–water partition coefficient (Wildman–Crippen LogP) is 2.66. The molecule has 1 fully saturated rings. The fraction of sp³-hybridized carbons (Fsp3) is 0.444. The summed E-state index contributed by atoms with van der Waals surface area (Å²) in [6, 6.07) is -0.937. The molecule has 1 heterocycles. The molecule has 1 aliphatic rings. The van der Waals surface area contributed by atoms with Crippen LogP contribution in [0.3, 0.4) is 0 Å². The Labute approximate surface area is 162 Å². The number of nitrogens with zero attached hydrogens (tertiary/aromatic N) is 1. The molecule has 144 valence electrons. The van der Waals surface area contributed by atoms with Crippen molar-refractivity contribution in [3.05, 3.63) is 48.4 Å². The van der Waals surface area contributed by atoms with Crippen LogP contribution in [-0.4, -0.2) is 60.9 Å². The Bertz CT molecular complexity index is 593. The maximum absolute atomic E-state index is 14.2. The second-order valence-corrected chi connectivity index (χ2v) is 8.16. The molecule has 0 aliphatic carbocycles. The zero-order chi connectivity index (χ0) is 19.5. The molecule has 1 aliphatic heterocycles. The molecule has 0 bridgehead atoms. The van der Waals surface area contributed by atoms with Crippen LogP contribution < -0.4 is 5.73 Å². The number of hydrogen-bond acceptors (Lipinski definition) is 7. The number of hydrogen-bond donors (Lipinski definition) is 1. The maximum atomic E-state index is 14.2. The SMILES string of the molecule is C=C/C(F)=C(\C=C)C(C(=O)OC)N1CCC(SSCCN)/C(=C\C=O)C1. The highest BCUT2D eigenvalue weighted by Crippen LogP contribution is 2.37. The number of allylic oxidation sites excluding steroid dienone is 3. The standard InChI is InChI=1S/C18H25FN2O3S2/c1-4-14(15(19)5-2)17(18(23)24-3)21-9-6-16(26-25-11-8-20)13(12-21)7-10-22/h4-5,7,10,16-17H,1-2,6,8-9,11-12,20H2,3H3/b13-7-,15-14-. The Morgan fingerprint density at radius 2 is 2.23 bits per heavy atom. The van der Waals surface area contributed by atoms with E-state index in [1.807, 2.05) is 0 Å². The average Bonchev–Trinajstić information content (AvgIpc) is 2.66. The van der Waals surface area contributed by atoms with Gasteiger partial charge in [0, 0.05) is 36.2 Å². The number of nitrogens with two attached hydrogens (primary N) is 1. The van der Waals surface area contributed by atoms with Gasteiger partial charge in [0.2, 0.25) is 0 Å². The molecular weight excluding hydrogens is 375 g/mol. The first-order chi connectivity index (χ1) is 12.5. The van der Waals surface area contributed by atoms with Crippen LogP contribution in [0.1, 0.15) is 6.42 Å². The monoisotopic (exact) mass is 400 g/mol. The number of carbonyl (C=O) groups excluding carboxylic acids is 2. The van der Waals surface area contributed by atoms with Crippen molar-refractivity contribution in [3.63, 3.8) is 0 Å². The van der Waals surface area contributed by atoms with Crippen molar-refractivity contribution in [1.29, 1.82) is 0 Å². The molecule has 2 N–H and O–H groups in total. The lowest BCUT2D eigenvalue weighted by atomic mass is 9.97. The van der Waals surface area contributed by atoms with Crippen LogP contribution in [-0.2, 0) is 14.3 Å². The summed E-state index contributed by atoms with van der Waals surface area (Å²) in [7, 11) is 4.58. The molecule has 0 saturated carbocycles. The van der Waals surface area contributed by atoms with Gasteiger partial charge in [-0.1, -0.05) is 40.8 Å². The number of rotatable bonds is 10.